The molecule has 0 spiro atoms. The zero-order valence-electron chi connectivity index (χ0n) is 35.1. The molecule has 4 aliphatic rings. The van der Waals surface area contributed by atoms with Crippen LogP contribution in [0.5, 0.6) is 0 Å². The van der Waals surface area contributed by atoms with Crippen molar-refractivity contribution >= 4 is 32.6 Å². The van der Waals surface area contributed by atoms with Gasteiger partial charge in [0.05, 0.1) is 59.7 Å². The second-order valence-corrected chi connectivity index (χ2v) is 18.8. The highest BCUT2D eigenvalue weighted by atomic mass is 19.1. The van der Waals surface area contributed by atoms with Crippen molar-refractivity contribution in [3.05, 3.63) is 167 Å². The number of hydrogen-bond acceptors (Lipinski definition) is 4. The summed E-state index contributed by atoms with van der Waals surface area (Å²) in [4.78, 5) is 8.64. The zero-order chi connectivity index (χ0) is 41.9. The van der Waals surface area contributed by atoms with Crippen LogP contribution in [0.2, 0.25) is 0 Å². The van der Waals surface area contributed by atoms with E-state index >= 15 is 0 Å². The Morgan fingerprint density at radius 1 is 0.419 bits per heavy atom. The fraction of sp³-hybridized carbons (Fsp3) is 0.370. The van der Waals surface area contributed by atoms with E-state index in [1.165, 1.54) is 47.9 Å². The quantitative estimate of drug-likeness (QED) is 0.160. The number of benzene rings is 4. The molecule has 4 aromatic carbocycles. The molecule has 2 atom stereocenters. The number of nitrogens with zero attached hydrogens (tertiary/aromatic N) is 4. The topological polar surface area (TPSA) is 75.1 Å². The summed E-state index contributed by atoms with van der Waals surface area (Å²) in [5, 5.41) is 26.5. The largest absolute Gasteiger partial charge is 0.387 e. The number of aliphatic hydroxyl groups is 2. The number of aromatic nitrogens is 4. The summed E-state index contributed by atoms with van der Waals surface area (Å²) in [7, 11) is 0. The summed E-state index contributed by atoms with van der Waals surface area (Å²) in [5.41, 5.74) is 9.28. The lowest BCUT2D eigenvalue weighted by Gasteiger charge is -2.33. The minimum atomic E-state index is -0.473. The van der Waals surface area contributed by atoms with Gasteiger partial charge in [-0.15, -0.1) is 0 Å². The smallest absolute Gasteiger partial charge is 0.131 e. The molecule has 12 rings (SSSR count). The van der Waals surface area contributed by atoms with Gasteiger partial charge in [-0.3, -0.25) is 0 Å². The molecule has 8 heteroatoms. The molecular weight excluding hydrogens is 775 g/mol. The van der Waals surface area contributed by atoms with Crippen molar-refractivity contribution in [3.63, 3.8) is 0 Å². The number of rotatable bonds is 8. The average molecular weight is 829 g/mol. The lowest BCUT2D eigenvalue weighted by atomic mass is 9.74. The molecule has 0 bridgehead atoms. The highest BCUT2D eigenvalue weighted by Crippen LogP contribution is 2.49. The van der Waals surface area contributed by atoms with E-state index in [-0.39, 0.29) is 23.5 Å². The number of halogens is 2. The third-order valence-electron chi connectivity index (χ3n) is 15.0. The van der Waals surface area contributed by atoms with Crippen molar-refractivity contribution in [1.82, 2.24) is 18.8 Å². The normalized spacial score (nSPS) is 22.8. The van der Waals surface area contributed by atoms with Crippen LogP contribution in [0.25, 0.3) is 32.6 Å². The summed E-state index contributed by atoms with van der Waals surface area (Å²) < 4.78 is 32.7. The first-order valence-corrected chi connectivity index (χ1v) is 23.0. The minimum Gasteiger partial charge on any atom is -0.387 e. The van der Waals surface area contributed by atoms with Crippen LogP contribution < -0.4 is 0 Å². The van der Waals surface area contributed by atoms with Crippen LogP contribution in [0.4, 0.5) is 8.78 Å². The van der Waals surface area contributed by atoms with Crippen LogP contribution >= 0.6 is 0 Å². The molecule has 316 valence electrons. The van der Waals surface area contributed by atoms with Gasteiger partial charge in [0.25, 0.3) is 0 Å². The Morgan fingerprint density at radius 3 is 1.15 bits per heavy atom. The highest BCUT2D eigenvalue weighted by molar-refractivity contribution is 5.87. The molecule has 4 fully saturated rings. The van der Waals surface area contributed by atoms with Crippen molar-refractivity contribution in [2.24, 2.45) is 11.8 Å². The summed E-state index contributed by atoms with van der Waals surface area (Å²) in [5.74, 6) is 2.19. The first-order chi connectivity index (χ1) is 30.4. The third kappa shape index (κ3) is 7.29. The molecular formula is C54H54F2N4O2. The van der Waals surface area contributed by atoms with E-state index in [4.69, 9.17) is 0 Å². The van der Waals surface area contributed by atoms with Crippen LogP contribution in [-0.2, 0) is 0 Å². The highest BCUT2D eigenvalue weighted by Gasteiger charge is 2.36. The van der Waals surface area contributed by atoms with Crippen molar-refractivity contribution in [3.8, 4) is 0 Å². The number of aliphatic hydroxyl groups excluding tert-OH is 2. The molecule has 0 unspecified atom stereocenters. The summed E-state index contributed by atoms with van der Waals surface area (Å²) in [6.07, 6.45) is 19.3. The summed E-state index contributed by atoms with van der Waals surface area (Å²) in [6, 6.07) is 31.4. The van der Waals surface area contributed by atoms with Gasteiger partial charge >= 0.3 is 0 Å². The Labute approximate surface area is 361 Å². The van der Waals surface area contributed by atoms with Gasteiger partial charge in [0.2, 0.25) is 0 Å². The lowest BCUT2D eigenvalue weighted by Crippen LogP contribution is -2.22. The maximum atomic E-state index is 14.3. The molecule has 0 amide bonds. The number of hydrogen-bond donors (Lipinski definition) is 2. The van der Waals surface area contributed by atoms with Crippen molar-refractivity contribution < 1.29 is 19.0 Å². The number of imidazole rings is 2. The third-order valence-corrected chi connectivity index (χ3v) is 15.0. The van der Waals surface area contributed by atoms with E-state index in [2.05, 4.69) is 43.0 Å². The number of fused-ring (bicyclic) bond motifs is 4. The van der Waals surface area contributed by atoms with Gasteiger partial charge in [-0.1, -0.05) is 72.8 Å². The van der Waals surface area contributed by atoms with E-state index in [0.29, 0.717) is 34.4 Å². The fourth-order valence-electron chi connectivity index (χ4n) is 11.4. The Balaban J connectivity index is 0.000000139. The molecule has 8 aromatic rings. The van der Waals surface area contributed by atoms with Gasteiger partial charge in [-0.2, -0.15) is 0 Å². The van der Waals surface area contributed by atoms with Gasteiger partial charge in [-0.05, 0) is 170 Å². The van der Waals surface area contributed by atoms with E-state index in [1.807, 2.05) is 85.7 Å². The zero-order valence-corrected chi connectivity index (χ0v) is 35.1. The molecule has 2 N–H and O–H groups in total. The fourth-order valence-corrected chi connectivity index (χ4v) is 11.4. The Kier molecular flexibility index (Phi) is 10.4. The molecule has 62 heavy (non-hydrogen) atoms. The van der Waals surface area contributed by atoms with Crippen molar-refractivity contribution in [1.29, 1.82) is 0 Å². The molecule has 4 heterocycles. The van der Waals surface area contributed by atoms with Crippen LogP contribution in [0, 0.1) is 23.5 Å². The summed E-state index contributed by atoms with van der Waals surface area (Å²) in [6.45, 7) is 0. The first kappa shape index (κ1) is 39.4. The van der Waals surface area contributed by atoms with Crippen LogP contribution in [0.3, 0.4) is 0 Å². The Hall–Kier alpha value is -5.44. The Morgan fingerprint density at radius 2 is 0.758 bits per heavy atom. The van der Waals surface area contributed by atoms with Gasteiger partial charge < -0.3 is 19.0 Å². The van der Waals surface area contributed by atoms with Crippen LogP contribution in [-0.4, -0.2) is 29.0 Å². The van der Waals surface area contributed by atoms with Crippen molar-refractivity contribution in [2.45, 2.75) is 113 Å². The van der Waals surface area contributed by atoms with E-state index < -0.39 is 12.2 Å². The maximum Gasteiger partial charge on any atom is 0.131 e. The lowest BCUT2D eigenvalue weighted by molar-refractivity contribution is 0.0754. The number of pyridine rings is 2. The molecule has 0 aliphatic heterocycles. The van der Waals surface area contributed by atoms with Crippen molar-refractivity contribution in [2.75, 3.05) is 0 Å². The summed E-state index contributed by atoms with van der Waals surface area (Å²) >= 11 is 0. The molecule has 0 saturated heterocycles. The van der Waals surface area contributed by atoms with Gasteiger partial charge in [-0.25, -0.2) is 18.7 Å². The first-order valence-electron chi connectivity index (χ1n) is 23.0. The standard InChI is InChI=1S/2C27H27FN2O/c2*28-25-14-13-21(23-3-1-2-4-24(23)25)17-7-9-19(10-8-17)27(31)26-22(18-5-6-18)12-11-20-15-29-16-30(20)26/h2*1-4,11-19,27,31H,5-10H2/t2*17?,19?,27-/m10/s1. The minimum absolute atomic E-state index is 0.149. The second kappa shape index (κ2) is 16.4. The SMILES string of the molecule is O[C@@H](c1c(C2CC2)ccc2cncn12)C1CCC(c2ccc(F)c3ccccc23)CC1.O[C@H](c1c(C2CC2)ccc2cncn12)C1CCC(c2ccc(F)c3ccccc23)CC1. The van der Waals surface area contributed by atoms with Gasteiger partial charge in [0, 0.05) is 10.8 Å². The molecule has 4 aromatic heterocycles. The van der Waals surface area contributed by atoms with Gasteiger partial charge in [0.15, 0.2) is 0 Å². The maximum absolute atomic E-state index is 14.3. The molecule has 4 aliphatic carbocycles. The Bertz CT molecular complexity index is 2700. The molecule has 4 saturated carbocycles. The average Bonchev–Trinajstić information content (AvgIpc) is 4.25. The van der Waals surface area contributed by atoms with Crippen LogP contribution in [0.1, 0.15) is 147 Å². The van der Waals surface area contributed by atoms with Crippen LogP contribution in [0.15, 0.2) is 122 Å². The van der Waals surface area contributed by atoms with E-state index in [0.717, 1.165) is 84.6 Å². The van der Waals surface area contributed by atoms with E-state index in [1.54, 1.807) is 12.1 Å². The second-order valence-electron chi connectivity index (χ2n) is 18.8. The molecule has 6 nitrogen and oxygen atoms in total. The van der Waals surface area contributed by atoms with Gasteiger partial charge in [0.1, 0.15) is 11.6 Å². The van der Waals surface area contributed by atoms with E-state index in [9.17, 15) is 19.0 Å². The predicted octanol–water partition coefficient (Wildman–Crippen LogP) is 13.0. The monoisotopic (exact) mass is 828 g/mol. The predicted molar refractivity (Wildman–Crippen MR) is 241 cm³/mol. The molecule has 0 radical (unpaired) electrons.